The highest BCUT2D eigenvalue weighted by molar-refractivity contribution is 5.84. The molecule has 0 bridgehead atoms. The van der Waals surface area contributed by atoms with Gasteiger partial charge in [0, 0.05) is 18.5 Å². The number of hydrogen-bond acceptors (Lipinski definition) is 6. The van der Waals surface area contributed by atoms with Gasteiger partial charge in [-0.3, -0.25) is 4.79 Å². The minimum atomic E-state index is -0.0886. The van der Waals surface area contributed by atoms with Gasteiger partial charge in [0.1, 0.15) is 0 Å². The number of carbonyl (C=O) groups excluding carboxylic acids is 1. The summed E-state index contributed by atoms with van der Waals surface area (Å²) in [5, 5.41) is 4.02. The number of nitrogens with one attached hydrogen (secondary N) is 1. The van der Waals surface area contributed by atoms with Crippen molar-refractivity contribution in [3.63, 3.8) is 0 Å². The molecular formula is C18H27N3O4. The molecule has 7 nitrogen and oxygen atoms in total. The lowest BCUT2D eigenvalue weighted by atomic mass is 10.1. The van der Waals surface area contributed by atoms with Crippen molar-refractivity contribution in [1.29, 1.82) is 0 Å². The number of carbonyl (C=O) groups is 1. The summed E-state index contributed by atoms with van der Waals surface area (Å²) in [6.07, 6.45) is 5.75. The van der Waals surface area contributed by atoms with Crippen molar-refractivity contribution in [1.82, 2.24) is 10.3 Å². The molecule has 0 saturated carbocycles. The number of hydrogen-bond donors (Lipinski definition) is 1. The van der Waals surface area contributed by atoms with E-state index >= 15 is 0 Å². The van der Waals surface area contributed by atoms with Crippen LogP contribution in [0.4, 0.5) is 0 Å². The van der Waals surface area contributed by atoms with Gasteiger partial charge >= 0.3 is 0 Å². The van der Waals surface area contributed by atoms with Gasteiger partial charge in [-0.05, 0) is 38.1 Å². The SMILES string of the molecule is COc1cc(/C=N/NC(=O)CCN2CCCCC2)cc(OC)c1OC. The highest BCUT2D eigenvalue weighted by atomic mass is 16.5. The van der Waals surface area contributed by atoms with Crippen LogP contribution in [-0.2, 0) is 4.79 Å². The van der Waals surface area contributed by atoms with Crippen LogP contribution in [0, 0.1) is 0 Å². The van der Waals surface area contributed by atoms with E-state index in [1.54, 1.807) is 39.7 Å². The number of hydrazone groups is 1. The van der Waals surface area contributed by atoms with Crippen molar-refractivity contribution < 1.29 is 19.0 Å². The Balaban J connectivity index is 1.89. The lowest BCUT2D eigenvalue weighted by Gasteiger charge is -2.25. The van der Waals surface area contributed by atoms with Crippen molar-refractivity contribution in [3.05, 3.63) is 17.7 Å². The zero-order chi connectivity index (χ0) is 18.1. The average molecular weight is 349 g/mol. The van der Waals surface area contributed by atoms with Gasteiger partial charge in [0.05, 0.1) is 27.5 Å². The van der Waals surface area contributed by atoms with Gasteiger partial charge in [-0.25, -0.2) is 5.43 Å². The molecule has 1 aliphatic rings. The van der Waals surface area contributed by atoms with Crippen molar-refractivity contribution in [2.24, 2.45) is 5.10 Å². The van der Waals surface area contributed by atoms with E-state index < -0.39 is 0 Å². The van der Waals surface area contributed by atoms with Crippen LogP contribution in [0.2, 0.25) is 0 Å². The van der Waals surface area contributed by atoms with E-state index in [-0.39, 0.29) is 5.91 Å². The van der Waals surface area contributed by atoms with Crippen LogP contribution in [0.15, 0.2) is 17.2 Å². The van der Waals surface area contributed by atoms with Gasteiger partial charge in [-0.1, -0.05) is 6.42 Å². The average Bonchev–Trinajstić information content (AvgIpc) is 2.66. The summed E-state index contributed by atoms with van der Waals surface area (Å²) in [4.78, 5) is 14.2. The Morgan fingerprint density at radius 2 is 1.76 bits per heavy atom. The molecule has 2 rings (SSSR count). The van der Waals surface area contributed by atoms with Crippen LogP contribution in [0.1, 0.15) is 31.2 Å². The molecule has 1 aromatic carbocycles. The Kier molecular flexibility index (Phi) is 7.53. The van der Waals surface area contributed by atoms with E-state index in [1.165, 1.54) is 19.3 Å². The van der Waals surface area contributed by atoms with E-state index in [2.05, 4.69) is 15.4 Å². The first-order chi connectivity index (χ1) is 12.2. The highest BCUT2D eigenvalue weighted by Gasteiger charge is 2.13. The topological polar surface area (TPSA) is 72.4 Å². The number of likely N-dealkylation sites (tertiary alicyclic amines) is 1. The second kappa shape index (κ2) is 9.88. The maximum Gasteiger partial charge on any atom is 0.241 e. The van der Waals surface area contributed by atoms with E-state index in [9.17, 15) is 4.79 Å². The first-order valence-electron chi connectivity index (χ1n) is 8.52. The van der Waals surface area contributed by atoms with E-state index in [0.717, 1.165) is 25.2 Å². The number of benzene rings is 1. The van der Waals surface area contributed by atoms with Crippen LogP contribution in [0.3, 0.4) is 0 Å². The number of nitrogens with zero attached hydrogens (tertiary/aromatic N) is 2. The molecule has 1 fully saturated rings. The standard InChI is InChI=1S/C18H27N3O4/c1-23-15-11-14(12-16(24-2)18(15)25-3)13-19-20-17(22)7-10-21-8-5-4-6-9-21/h11-13H,4-10H2,1-3H3,(H,20,22)/b19-13+. The predicted molar refractivity (Wildman–Crippen MR) is 96.7 cm³/mol. The Hall–Kier alpha value is -2.28. The fourth-order valence-electron chi connectivity index (χ4n) is 2.85. The zero-order valence-electron chi connectivity index (χ0n) is 15.2. The summed E-state index contributed by atoms with van der Waals surface area (Å²) in [7, 11) is 4.66. The molecule has 0 atom stereocenters. The van der Waals surface area contributed by atoms with Crippen molar-refractivity contribution in [2.45, 2.75) is 25.7 Å². The normalized spacial score (nSPS) is 15.2. The molecule has 0 unspecified atom stereocenters. The Labute approximate surface area is 148 Å². The largest absolute Gasteiger partial charge is 0.493 e. The smallest absolute Gasteiger partial charge is 0.241 e. The van der Waals surface area contributed by atoms with Crippen molar-refractivity contribution in [3.8, 4) is 17.2 Å². The fourth-order valence-corrected chi connectivity index (χ4v) is 2.85. The van der Waals surface area contributed by atoms with Crippen LogP contribution >= 0.6 is 0 Å². The third-order valence-corrected chi connectivity index (χ3v) is 4.19. The molecule has 1 aromatic rings. The fraction of sp³-hybridized carbons (Fsp3) is 0.556. The summed E-state index contributed by atoms with van der Waals surface area (Å²) < 4.78 is 15.9. The Morgan fingerprint density at radius 3 is 2.32 bits per heavy atom. The molecule has 0 spiro atoms. The molecule has 1 heterocycles. The number of methoxy groups -OCH3 is 3. The summed E-state index contributed by atoms with van der Waals surface area (Å²) in [5.74, 6) is 1.52. The minimum Gasteiger partial charge on any atom is -0.493 e. The lowest BCUT2D eigenvalue weighted by molar-refractivity contribution is -0.121. The monoisotopic (exact) mass is 349 g/mol. The first-order valence-corrected chi connectivity index (χ1v) is 8.52. The third-order valence-electron chi connectivity index (χ3n) is 4.19. The summed E-state index contributed by atoms with van der Waals surface area (Å²) in [6, 6.07) is 3.54. The molecule has 0 aromatic heterocycles. The number of amides is 1. The number of piperidine rings is 1. The molecule has 1 saturated heterocycles. The summed E-state index contributed by atoms with van der Waals surface area (Å²) >= 11 is 0. The van der Waals surface area contributed by atoms with Crippen LogP contribution < -0.4 is 19.6 Å². The predicted octanol–water partition coefficient (Wildman–Crippen LogP) is 2.04. The molecule has 0 aliphatic carbocycles. The molecule has 138 valence electrons. The van der Waals surface area contributed by atoms with Gasteiger partial charge in [-0.15, -0.1) is 0 Å². The molecule has 7 heteroatoms. The van der Waals surface area contributed by atoms with Gasteiger partial charge < -0.3 is 19.1 Å². The van der Waals surface area contributed by atoms with Crippen LogP contribution in [0.25, 0.3) is 0 Å². The molecule has 1 aliphatic heterocycles. The highest BCUT2D eigenvalue weighted by Crippen LogP contribution is 2.37. The van der Waals surface area contributed by atoms with E-state index in [1.807, 2.05) is 0 Å². The van der Waals surface area contributed by atoms with Crippen LogP contribution in [-0.4, -0.2) is 58.0 Å². The lowest BCUT2D eigenvalue weighted by Crippen LogP contribution is -2.33. The van der Waals surface area contributed by atoms with Gasteiger partial charge in [0.25, 0.3) is 0 Å². The number of rotatable bonds is 8. The minimum absolute atomic E-state index is 0.0886. The third kappa shape index (κ3) is 5.63. The van der Waals surface area contributed by atoms with Gasteiger partial charge in [0.15, 0.2) is 11.5 Å². The van der Waals surface area contributed by atoms with E-state index in [0.29, 0.717) is 23.7 Å². The van der Waals surface area contributed by atoms with Crippen molar-refractivity contribution in [2.75, 3.05) is 41.0 Å². The summed E-state index contributed by atoms with van der Waals surface area (Å²) in [5.41, 5.74) is 3.31. The first kappa shape index (κ1) is 19.1. The van der Waals surface area contributed by atoms with Gasteiger partial charge in [-0.2, -0.15) is 5.10 Å². The quantitative estimate of drug-likeness (QED) is 0.574. The Morgan fingerprint density at radius 1 is 1.12 bits per heavy atom. The van der Waals surface area contributed by atoms with E-state index in [4.69, 9.17) is 14.2 Å². The van der Waals surface area contributed by atoms with Crippen molar-refractivity contribution >= 4 is 12.1 Å². The molecule has 25 heavy (non-hydrogen) atoms. The molecule has 1 N–H and O–H groups in total. The van der Waals surface area contributed by atoms with Gasteiger partial charge in [0.2, 0.25) is 11.7 Å². The second-order valence-corrected chi connectivity index (χ2v) is 5.90. The molecular weight excluding hydrogens is 322 g/mol. The second-order valence-electron chi connectivity index (χ2n) is 5.90. The Bertz CT molecular complexity index is 573. The maximum atomic E-state index is 11.9. The zero-order valence-corrected chi connectivity index (χ0v) is 15.2. The number of ether oxygens (including phenoxy) is 3. The maximum absolute atomic E-state index is 11.9. The molecule has 1 amide bonds. The van der Waals surface area contributed by atoms with Crippen LogP contribution in [0.5, 0.6) is 17.2 Å². The summed E-state index contributed by atoms with van der Waals surface area (Å²) in [6.45, 7) is 2.95. The molecule has 0 radical (unpaired) electrons.